The molecule has 0 amide bonds. The predicted molar refractivity (Wildman–Crippen MR) is 91.0 cm³/mol. The summed E-state index contributed by atoms with van der Waals surface area (Å²) in [5.74, 6) is 1.78. The molecule has 0 spiro atoms. The summed E-state index contributed by atoms with van der Waals surface area (Å²) in [5, 5.41) is 8.74. The standard InChI is InChI=1S/C17H22N6O/c1-21(11-16-18-7-6-17(24)22(16)2)13-9-23(10-13)15-8-12-4-3-5-14(12)19-20-15/h6-8,13H,3-5,9-11H2,1-2H3. The zero-order chi connectivity index (χ0) is 16.7. The van der Waals surface area contributed by atoms with E-state index in [-0.39, 0.29) is 5.56 Å². The minimum Gasteiger partial charge on any atom is -0.352 e. The summed E-state index contributed by atoms with van der Waals surface area (Å²) in [5.41, 5.74) is 2.52. The Balaban J connectivity index is 1.38. The molecule has 3 heterocycles. The molecule has 0 N–H and O–H groups in total. The van der Waals surface area contributed by atoms with Gasteiger partial charge >= 0.3 is 0 Å². The highest BCUT2D eigenvalue weighted by atomic mass is 16.1. The molecule has 0 aromatic carbocycles. The molecule has 1 saturated heterocycles. The fraction of sp³-hybridized carbons (Fsp3) is 0.529. The fourth-order valence-corrected chi connectivity index (χ4v) is 3.40. The largest absolute Gasteiger partial charge is 0.352 e. The molecular formula is C17H22N6O. The van der Waals surface area contributed by atoms with Gasteiger partial charge in [-0.3, -0.25) is 14.3 Å². The zero-order valence-electron chi connectivity index (χ0n) is 14.1. The van der Waals surface area contributed by atoms with Crippen LogP contribution >= 0.6 is 0 Å². The molecule has 7 nitrogen and oxygen atoms in total. The van der Waals surface area contributed by atoms with Crippen molar-refractivity contribution in [1.29, 1.82) is 0 Å². The number of aryl methyl sites for hydroxylation is 2. The average Bonchev–Trinajstić information content (AvgIpc) is 2.98. The third kappa shape index (κ3) is 2.69. The molecule has 0 bridgehead atoms. The molecule has 2 aromatic rings. The molecule has 7 heteroatoms. The summed E-state index contributed by atoms with van der Waals surface area (Å²) in [6, 6.07) is 4.13. The Labute approximate surface area is 140 Å². The van der Waals surface area contributed by atoms with Crippen LogP contribution in [0.5, 0.6) is 0 Å². The summed E-state index contributed by atoms with van der Waals surface area (Å²) in [4.78, 5) is 20.5. The Bertz CT molecular complexity index is 811. The number of hydrogen-bond donors (Lipinski definition) is 0. The van der Waals surface area contributed by atoms with Crippen LogP contribution in [0.4, 0.5) is 5.82 Å². The van der Waals surface area contributed by atoms with Crippen LogP contribution in [0.3, 0.4) is 0 Å². The smallest absolute Gasteiger partial charge is 0.253 e. The topological polar surface area (TPSA) is 67.2 Å². The normalized spacial score (nSPS) is 17.2. The average molecular weight is 326 g/mol. The van der Waals surface area contributed by atoms with Crippen LogP contribution in [0.15, 0.2) is 23.1 Å². The van der Waals surface area contributed by atoms with Gasteiger partial charge in [-0.15, -0.1) is 5.10 Å². The molecule has 0 atom stereocenters. The van der Waals surface area contributed by atoms with Crippen LogP contribution in [0.25, 0.3) is 0 Å². The third-order valence-corrected chi connectivity index (χ3v) is 5.17. The number of likely N-dealkylation sites (N-methyl/N-ethyl adjacent to an activating group) is 1. The molecule has 1 aliphatic carbocycles. The molecule has 4 rings (SSSR count). The first-order chi connectivity index (χ1) is 11.6. The minimum absolute atomic E-state index is 0.0166. The number of anilines is 1. The molecule has 0 radical (unpaired) electrons. The number of fused-ring (bicyclic) bond motifs is 1. The van der Waals surface area contributed by atoms with E-state index in [1.165, 1.54) is 23.7 Å². The molecule has 1 fully saturated rings. The second-order valence-electron chi connectivity index (χ2n) is 6.76. The molecule has 126 valence electrons. The zero-order valence-corrected chi connectivity index (χ0v) is 14.1. The number of rotatable bonds is 4. The highest BCUT2D eigenvalue weighted by molar-refractivity contribution is 5.45. The molecule has 2 aliphatic rings. The summed E-state index contributed by atoms with van der Waals surface area (Å²) < 4.78 is 1.61. The van der Waals surface area contributed by atoms with Crippen molar-refractivity contribution in [1.82, 2.24) is 24.6 Å². The SMILES string of the molecule is CN(Cc1nccc(=O)n1C)C1CN(c2cc3c(nn2)CCC3)C1. The van der Waals surface area contributed by atoms with E-state index in [9.17, 15) is 4.79 Å². The van der Waals surface area contributed by atoms with Crippen LogP contribution in [0.1, 0.15) is 23.5 Å². The lowest BCUT2D eigenvalue weighted by Crippen LogP contribution is -2.58. The molecule has 24 heavy (non-hydrogen) atoms. The van der Waals surface area contributed by atoms with Gasteiger partial charge in [0.2, 0.25) is 0 Å². The first-order valence-corrected chi connectivity index (χ1v) is 8.43. The van der Waals surface area contributed by atoms with Gasteiger partial charge in [0, 0.05) is 38.4 Å². The van der Waals surface area contributed by atoms with Crippen molar-refractivity contribution in [2.75, 3.05) is 25.0 Å². The summed E-state index contributed by atoms with van der Waals surface area (Å²) in [6.45, 7) is 2.54. The molecule has 1 aliphatic heterocycles. The van der Waals surface area contributed by atoms with Crippen LogP contribution < -0.4 is 10.5 Å². The van der Waals surface area contributed by atoms with Crippen LogP contribution in [-0.4, -0.2) is 50.8 Å². The fourth-order valence-electron chi connectivity index (χ4n) is 3.40. The van der Waals surface area contributed by atoms with E-state index in [2.05, 4.69) is 38.1 Å². The Kier molecular flexibility index (Phi) is 3.80. The van der Waals surface area contributed by atoms with Crippen molar-refractivity contribution >= 4 is 5.82 Å². The first kappa shape index (κ1) is 15.3. The molecule has 0 unspecified atom stereocenters. The summed E-state index contributed by atoms with van der Waals surface area (Å²) in [6.07, 6.45) is 4.97. The minimum atomic E-state index is -0.0166. The number of hydrogen-bond acceptors (Lipinski definition) is 6. The lowest BCUT2D eigenvalue weighted by molar-refractivity contribution is 0.190. The van der Waals surface area contributed by atoms with Gasteiger partial charge < -0.3 is 4.90 Å². The molecular weight excluding hydrogens is 304 g/mol. The highest BCUT2D eigenvalue weighted by Gasteiger charge is 2.32. The van der Waals surface area contributed by atoms with Gasteiger partial charge in [0.1, 0.15) is 5.82 Å². The van der Waals surface area contributed by atoms with Gasteiger partial charge in [0.05, 0.1) is 12.2 Å². The highest BCUT2D eigenvalue weighted by Crippen LogP contribution is 2.26. The number of aromatic nitrogens is 4. The van der Waals surface area contributed by atoms with Gasteiger partial charge in [0.15, 0.2) is 5.82 Å². The van der Waals surface area contributed by atoms with Crippen molar-refractivity contribution in [3.05, 3.63) is 45.8 Å². The summed E-state index contributed by atoms with van der Waals surface area (Å²) in [7, 11) is 3.85. The van der Waals surface area contributed by atoms with Crippen molar-refractivity contribution in [2.45, 2.75) is 31.8 Å². The van der Waals surface area contributed by atoms with Gasteiger partial charge in [-0.05, 0) is 37.9 Å². The van der Waals surface area contributed by atoms with Gasteiger partial charge in [-0.25, -0.2) is 4.98 Å². The van der Waals surface area contributed by atoms with Crippen molar-refractivity contribution < 1.29 is 0 Å². The van der Waals surface area contributed by atoms with Gasteiger partial charge in [0.25, 0.3) is 5.56 Å². The van der Waals surface area contributed by atoms with Crippen LogP contribution in [0, 0.1) is 0 Å². The van der Waals surface area contributed by atoms with E-state index in [4.69, 9.17) is 0 Å². The maximum Gasteiger partial charge on any atom is 0.253 e. The lowest BCUT2D eigenvalue weighted by Gasteiger charge is -2.44. The lowest BCUT2D eigenvalue weighted by atomic mass is 10.1. The first-order valence-electron chi connectivity index (χ1n) is 8.43. The second kappa shape index (κ2) is 5.98. The summed E-state index contributed by atoms with van der Waals surface area (Å²) >= 11 is 0. The maximum atomic E-state index is 11.7. The van der Waals surface area contributed by atoms with Crippen molar-refractivity contribution in [3.63, 3.8) is 0 Å². The Morgan fingerprint density at radius 3 is 2.96 bits per heavy atom. The third-order valence-electron chi connectivity index (χ3n) is 5.17. The van der Waals surface area contributed by atoms with E-state index in [0.717, 1.165) is 37.6 Å². The van der Waals surface area contributed by atoms with E-state index in [1.54, 1.807) is 17.8 Å². The molecule has 2 aromatic heterocycles. The van der Waals surface area contributed by atoms with E-state index in [0.29, 0.717) is 12.6 Å². The van der Waals surface area contributed by atoms with Crippen molar-refractivity contribution in [3.8, 4) is 0 Å². The predicted octanol–water partition coefficient (Wildman–Crippen LogP) is 0.380. The Morgan fingerprint density at radius 1 is 1.29 bits per heavy atom. The van der Waals surface area contributed by atoms with E-state index < -0.39 is 0 Å². The van der Waals surface area contributed by atoms with E-state index >= 15 is 0 Å². The van der Waals surface area contributed by atoms with E-state index in [1.807, 2.05) is 0 Å². The second-order valence-corrected chi connectivity index (χ2v) is 6.76. The molecule has 0 saturated carbocycles. The number of nitrogens with zero attached hydrogens (tertiary/aromatic N) is 6. The monoisotopic (exact) mass is 326 g/mol. The van der Waals surface area contributed by atoms with Crippen LogP contribution in [-0.2, 0) is 26.4 Å². The van der Waals surface area contributed by atoms with Crippen molar-refractivity contribution in [2.24, 2.45) is 7.05 Å². The Hall–Kier alpha value is -2.28. The quantitative estimate of drug-likeness (QED) is 0.809. The maximum absolute atomic E-state index is 11.7. The Morgan fingerprint density at radius 2 is 2.12 bits per heavy atom. The van der Waals surface area contributed by atoms with Crippen LogP contribution in [0.2, 0.25) is 0 Å². The van der Waals surface area contributed by atoms with Gasteiger partial charge in [-0.1, -0.05) is 0 Å². The van der Waals surface area contributed by atoms with Gasteiger partial charge in [-0.2, -0.15) is 5.10 Å².